The first kappa shape index (κ1) is 9.01. The van der Waals surface area contributed by atoms with Gasteiger partial charge in [-0.3, -0.25) is 9.78 Å². The summed E-state index contributed by atoms with van der Waals surface area (Å²) in [7, 11) is 0. The predicted octanol–water partition coefficient (Wildman–Crippen LogP) is 2.10. The van der Waals surface area contributed by atoms with E-state index in [1.807, 2.05) is 0 Å². The van der Waals surface area contributed by atoms with Crippen molar-refractivity contribution in [3.8, 4) is 0 Å². The minimum atomic E-state index is 0.218. The molecule has 0 saturated heterocycles. The maximum absolute atomic E-state index is 12.1. The van der Waals surface area contributed by atoms with Crippen molar-refractivity contribution < 1.29 is 4.79 Å². The molecule has 0 radical (unpaired) electrons. The average Bonchev–Trinajstić information content (AvgIpc) is 2.91. The Bertz CT molecular complexity index is 376. The normalized spacial score (nSPS) is 33.2. The summed E-state index contributed by atoms with van der Waals surface area (Å²) in [4.78, 5) is 20.2. The average molecular weight is 202 g/mol. The molecule has 1 aromatic heterocycles. The quantitative estimate of drug-likeness (QED) is 0.690. The van der Waals surface area contributed by atoms with Gasteiger partial charge in [-0.1, -0.05) is 6.42 Å². The number of nitrogens with zero attached hydrogens (tertiary/aromatic N) is 2. The highest BCUT2D eigenvalue weighted by atomic mass is 16.1. The summed E-state index contributed by atoms with van der Waals surface area (Å²) in [6, 6.07) is 0. The fourth-order valence-electron chi connectivity index (χ4n) is 3.18. The number of hydrogen-bond acceptors (Lipinski definition) is 3. The van der Waals surface area contributed by atoms with Crippen LogP contribution in [-0.2, 0) is 0 Å². The molecule has 2 bridgehead atoms. The molecule has 2 aliphatic carbocycles. The van der Waals surface area contributed by atoms with Crippen LogP contribution in [0.1, 0.15) is 36.2 Å². The molecule has 0 aliphatic heterocycles. The number of rotatable bonds is 2. The summed E-state index contributed by atoms with van der Waals surface area (Å²) in [5, 5.41) is 0. The van der Waals surface area contributed by atoms with Crippen LogP contribution < -0.4 is 0 Å². The van der Waals surface area contributed by atoms with E-state index in [9.17, 15) is 4.79 Å². The Morgan fingerprint density at radius 1 is 1.27 bits per heavy atom. The van der Waals surface area contributed by atoms with Gasteiger partial charge in [0.05, 0.1) is 6.20 Å². The zero-order chi connectivity index (χ0) is 10.3. The SMILES string of the molecule is O=C(c1cnccn1)C1CC2CCC1C2. The van der Waals surface area contributed by atoms with Crippen LogP contribution in [0.3, 0.4) is 0 Å². The summed E-state index contributed by atoms with van der Waals surface area (Å²) in [5.41, 5.74) is 0.551. The molecule has 0 spiro atoms. The third-order valence-electron chi connectivity index (χ3n) is 3.89. The highest BCUT2D eigenvalue weighted by molar-refractivity contribution is 5.96. The molecule has 3 nitrogen and oxygen atoms in total. The summed E-state index contributed by atoms with van der Waals surface area (Å²) in [5.74, 6) is 1.89. The lowest BCUT2D eigenvalue weighted by Gasteiger charge is -2.19. The molecule has 0 aromatic carbocycles. The Morgan fingerprint density at radius 2 is 2.20 bits per heavy atom. The van der Waals surface area contributed by atoms with Gasteiger partial charge in [-0.05, 0) is 31.1 Å². The lowest BCUT2D eigenvalue weighted by atomic mass is 9.85. The zero-order valence-corrected chi connectivity index (χ0v) is 8.60. The van der Waals surface area contributed by atoms with Gasteiger partial charge in [-0.15, -0.1) is 0 Å². The van der Waals surface area contributed by atoms with Crippen molar-refractivity contribution in [3.05, 3.63) is 24.3 Å². The van der Waals surface area contributed by atoms with E-state index < -0.39 is 0 Å². The van der Waals surface area contributed by atoms with Crippen LogP contribution in [-0.4, -0.2) is 15.8 Å². The first-order valence-corrected chi connectivity index (χ1v) is 5.65. The van der Waals surface area contributed by atoms with E-state index in [0.717, 1.165) is 12.3 Å². The third-order valence-corrected chi connectivity index (χ3v) is 3.89. The molecular weight excluding hydrogens is 188 g/mol. The molecule has 2 aliphatic rings. The largest absolute Gasteiger partial charge is 0.292 e. The van der Waals surface area contributed by atoms with Gasteiger partial charge >= 0.3 is 0 Å². The van der Waals surface area contributed by atoms with Gasteiger partial charge in [0.25, 0.3) is 0 Å². The molecule has 0 amide bonds. The van der Waals surface area contributed by atoms with Crippen molar-refractivity contribution in [2.45, 2.75) is 25.7 Å². The van der Waals surface area contributed by atoms with Gasteiger partial charge in [0.15, 0.2) is 5.78 Å². The van der Waals surface area contributed by atoms with Crippen molar-refractivity contribution in [1.82, 2.24) is 9.97 Å². The molecule has 1 aromatic rings. The van der Waals surface area contributed by atoms with E-state index >= 15 is 0 Å². The Hall–Kier alpha value is -1.25. The molecule has 3 rings (SSSR count). The van der Waals surface area contributed by atoms with Crippen LogP contribution in [0.5, 0.6) is 0 Å². The Morgan fingerprint density at radius 3 is 2.80 bits per heavy atom. The second-order valence-electron chi connectivity index (χ2n) is 4.74. The third kappa shape index (κ3) is 1.46. The molecule has 78 valence electrons. The fraction of sp³-hybridized carbons (Fsp3) is 0.583. The van der Waals surface area contributed by atoms with Gasteiger partial charge in [0.1, 0.15) is 5.69 Å². The second kappa shape index (κ2) is 3.40. The molecule has 3 atom stereocenters. The molecular formula is C12H14N2O. The number of carbonyl (C=O) groups excluding carboxylic acids is 1. The minimum Gasteiger partial charge on any atom is -0.292 e. The van der Waals surface area contributed by atoms with Crippen LogP contribution in [0, 0.1) is 17.8 Å². The van der Waals surface area contributed by atoms with Crippen LogP contribution in [0.4, 0.5) is 0 Å². The lowest BCUT2D eigenvalue weighted by molar-refractivity contribution is 0.0869. The summed E-state index contributed by atoms with van der Waals surface area (Å²) < 4.78 is 0. The topological polar surface area (TPSA) is 42.9 Å². The van der Waals surface area contributed by atoms with E-state index in [1.165, 1.54) is 19.3 Å². The second-order valence-corrected chi connectivity index (χ2v) is 4.74. The molecule has 2 saturated carbocycles. The Kier molecular flexibility index (Phi) is 2.04. The Labute approximate surface area is 88.9 Å². The van der Waals surface area contributed by atoms with E-state index in [1.54, 1.807) is 18.6 Å². The van der Waals surface area contributed by atoms with Gasteiger partial charge in [-0.25, -0.2) is 4.98 Å². The van der Waals surface area contributed by atoms with Crippen molar-refractivity contribution in [3.63, 3.8) is 0 Å². The van der Waals surface area contributed by atoms with E-state index in [0.29, 0.717) is 11.6 Å². The molecule has 15 heavy (non-hydrogen) atoms. The van der Waals surface area contributed by atoms with Crippen LogP contribution in [0.2, 0.25) is 0 Å². The maximum atomic E-state index is 12.1. The molecule has 2 fully saturated rings. The number of ketones is 1. The number of fused-ring (bicyclic) bond motifs is 2. The predicted molar refractivity (Wildman–Crippen MR) is 55.3 cm³/mol. The monoisotopic (exact) mass is 202 g/mol. The number of aromatic nitrogens is 2. The van der Waals surface area contributed by atoms with E-state index in [2.05, 4.69) is 9.97 Å². The molecule has 1 heterocycles. The molecule has 0 N–H and O–H groups in total. The van der Waals surface area contributed by atoms with Crippen molar-refractivity contribution in [1.29, 1.82) is 0 Å². The highest BCUT2D eigenvalue weighted by Crippen LogP contribution is 2.49. The van der Waals surface area contributed by atoms with Gasteiger partial charge < -0.3 is 0 Å². The maximum Gasteiger partial charge on any atom is 0.186 e. The van der Waals surface area contributed by atoms with Gasteiger partial charge in [-0.2, -0.15) is 0 Å². The fourth-order valence-corrected chi connectivity index (χ4v) is 3.18. The van der Waals surface area contributed by atoms with Crippen LogP contribution in [0.15, 0.2) is 18.6 Å². The number of hydrogen-bond donors (Lipinski definition) is 0. The molecule has 3 heteroatoms. The highest BCUT2D eigenvalue weighted by Gasteiger charge is 2.43. The summed E-state index contributed by atoms with van der Waals surface area (Å²) >= 11 is 0. The standard InChI is InChI=1S/C12H14N2O/c15-12(11-7-13-3-4-14-11)10-6-8-1-2-9(10)5-8/h3-4,7-10H,1-2,5-6H2. The first-order chi connectivity index (χ1) is 7.34. The molecule has 3 unspecified atom stereocenters. The zero-order valence-electron chi connectivity index (χ0n) is 8.60. The Balaban J connectivity index is 1.81. The first-order valence-electron chi connectivity index (χ1n) is 5.65. The summed E-state index contributed by atoms with van der Waals surface area (Å²) in [6.07, 6.45) is 9.71. The number of carbonyl (C=O) groups is 1. The van der Waals surface area contributed by atoms with E-state index in [-0.39, 0.29) is 11.7 Å². The van der Waals surface area contributed by atoms with E-state index in [4.69, 9.17) is 0 Å². The van der Waals surface area contributed by atoms with Gasteiger partial charge in [0.2, 0.25) is 0 Å². The van der Waals surface area contributed by atoms with Crippen molar-refractivity contribution in [2.75, 3.05) is 0 Å². The minimum absolute atomic E-state index is 0.218. The van der Waals surface area contributed by atoms with Crippen molar-refractivity contribution >= 4 is 5.78 Å². The lowest BCUT2D eigenvalue weighted by Crippen LogP contribution is -2.21. The van der Waals surface area contributed by atoms with Crippen molar-refractivity contribution in [2.24, 2.45) is 17.8 Å². The number of Topliss-reactive ketones (excluding diaryl/α,β-unsaturated/α-hetero) is 1. The van der Waals surface area contributed by atoms with Gasteiger partial charge in [0, 0.05) is 18.3 Å². The summed E-state index contributed by atoms with van der Waals surface area (Å²) in [6.45, 7) is 0. The van der Waals surface area contributed by atoms with Crippen LogP contribution in [0.25, 0.3) is 0 Å². The van der Waals surface area contributed by atoms with Crippen LogP contribution >= 0.6 is 0 Å². The smallest absolute Gasteiger partial charge is 0.186 e.